The molecule has 2 rings (SSSR count). The van der Waals surface area contributed by atoms with E-state index >= 15 is 0 Å². The minimum Gasteiger partial charge on any atom is -0.325 e. The van der Waals surface area contributed by atoms with E-state index in [0.29, 0.717) is 28.9 Å². The molecule has 1 aromatic carbocycles. The van der Waals surface area contributed by atoms with E-state index in [9.17, 15) is 13.6 Å². The summed E-state index contributed by atoms with van der Waals surface area (Å²) in [5.74, 6) is -2.51. The molecule has 22 heavy (non-hydrogen) atoms. The van der Waals surface area contributed by atoms with Crippen LogP contribution in [0.3, 0.4) is 0 Å². The molecule has 1 aromatic rings. The van der Waals surface area contributed by atoms with E-state index < -0.39 is 5.76 Å². The fourth-order valence-electron chi connectivity index (χ4n) is 1.99. The number of thioether (sulfide) groups is 1. The molecule has 4 nitrogen and oxygen atoms in total. The first-order valence-corrected chi connectivity index (χ1v) is 7.29. The van der Waals surface area contributed by atoms with Crippen molar-refractivity contribution >= 4 is 48.2 Å². The molecule has 1 heterocycles. The largest absolute Gasteiger partial charge is 0.325 e. The SMILES string of the molecule is Cl.Cl.O=C(CN1CCNCC1)Nc1ccc(SC(F)F)cc1. The number of amides is 1. The number of hydrogen-bond donors (Lipinski definition) is 2. The third kappa shape index (κ3) is 7.60. The van der Waals surface area contributed by atoms with Crippen LogP contribution < -0.4 is 10.6 Å². The molecule has 1 aliphatic rings. The summed E-state index contributed by atoms with van der Waals surface area (Å²) in [5.41, 5.74) is 0.628. The first-order valence-electron chi connectivity index (χ1n) is 6.41. The molecule has 0 aromatic heterocycles. The predicted molar refractivity (Wildman–Crippen MR) is 90.7 cm³/mol. The van der Waals surface area contributed by atoms with Gasteiger partial charge >= 0.3 is 0 Å². The van der Waals surface area contributed by atoms with Crippen LogP contribution in [0.2, 0.25) is 0 Å². The Hall–Kier alpha value is -0.600. The quantitative estimate of drug-likeness (QED) is 0.778. The summed E-state index contributed by atoms with van der Waals surface area (Å²) in [6.07, 6.45) is 0. The molecule has 1 aliphatic heterocycles. The summed E-state index contributed by atoms with van der Waals surface area (Å²) >= 11 is 0.493. The Morgan fingerprint density at radius 2 is 1.82 bits per heavy atom. The molecule has 0 bridgehead atoms. The number of anilines is 1. The summed E-state index contributed by atoms with van der Waals surface area (Å²) in [5, 5.41) is 5.99. The fourth-order valence-corrected chi connectivity index (χ4v) is 2.49. The molecule has 2 N–H and O–H groups in total. The van der Waals surface area contributed by atoms with Crippen molar-refractivity contribution in [3.8, 4) is 0 Å². The minimum atomic E-state index is -2.43. The smallest absolute Gasteiger partial charge is 0.288 e. The molecule has 1 amide bonds. The second-order valence-electron chi connectivity index (χ2n) is 4.48. The van der Waals surface area contributed by atoms with Gasteiger partial charge < -0.3 is 10.6 Å². The molecular formula is C13H19Cl2F2N3OS. The lowest BCUT2D eigenvalue weighted by molar-refractivity contribution is -0.117. The van der Waals surface area contributed by atoms with Crippen LogP contribution in [0.25, 0.3) is 0 Å². The Kier molecular flexibility index (Phi) is 10.7. The molecule has 0 atom stereocenters. The monoisotopic (exact) mass is 373 g/mol. The summed E-state index contributed by atoms with van der Waals surface area (Å²) < 4.78 is 24.3. The zero-order chi connectivity index (χ0) is 14.4. The van der Waals surface area contributed by atoms with E-state index in [1.54, 1.807) is 24.3 Å². The molecule has 0 spiro atoms. The van der Waals surface area contributed by atoms with Gasteiger partial charge in [-0.1, -0.05) is 11.8 Å². The Morgan fingerprint density at radius 1 is 1.23 bits per heavy atom. The topological polar surface area (TPSA) is 44.4 Å². The highest BCUT2D eigenvalue weighted by molar-refractivity contribution is 7.99. The molecule has 1 fully saturated rings. The molecule has 0 radical (unpaired) electrons. The number of nitrogens with one attached hydrogen (secondary N) is 2. The van der Waals surface area contributed by atoms with Crippen molar-refractivity contribution < 1.29 is 13.6 Å². The Balaban J connectivity index is 0.00000220. The predicted octanol–water partition coefficient (Wildman–Crippen LogP) is 2.69. The van der Waals surface area contributed by atoms with Gasteiger partial charge in [0.25, 0.3) is 5.76 Å². The standard InChI is InChI=1S/C13H17F2N3OS.2ClH/c14-13(15)20-11-3-1-10(2-4-11)17-12(19)9-18-7-5-16-6-8-18;;/h1-4,13,16H,5-9H2,(H,17,19);2*1H. The normalized spacial score (nSPS) is 14.9. The molecule has 0 aliphatic carbocycles. The lowest BCUT2D eigenvalue weighted by atomic mass is 10.3. The van der Waals surface area contributed by atoms with Gasteiger partial charge in [0.05, 0.1) is 6.54 Å². The van der Waals surface area contributed by atoms with Crippen molar-refractivity contribution in [3.05, 3.63) is 24.3 Å². The number of benzene rings is 1. The van der Waals surface area contributed by atoms with Gasteiger partial charge in [-0.15, -0.1) is 24.8 Å². The number of nitrogens with zero attached hydrogens (tertiary/aromatic N) is 1. The van der Waals surface area contributed by atoms with Crippen LogP contribution in [0.1, 0.15) is 0 Å². The van der Waals surface area contributed by atoms with Gasteiger partial charge in [0.1, 0.15) is 0 Å². The first kappa shape index (κ1) is 21.4. The third-order valence-corrected chi connectivity index (χ3v) is 3.66. The molecule has 0 saturated carbocycles. The van der Waals surface area contributed by atoms with Crippen LogP contribution in [-0.2, 0) is 4.79 Å². The van der Waals surface area contributed by atoms with E-state index in [2.05, 4.69) is 15.5 Å². The van der Waals surface area contributed by atoms with Crippen molar-refractivity contribution in [1.82, 2.24) is 10.2 Å². The van der Waals surface area contributed by atoms with Crippen LogP contribution >= 0.6 is 36.6 Å². The number of alkyl halides is 2. The molecule has 9 heteroatoms. The zero-order valence-electron chi connectivity index (χ0n) is 11.8. The molecular weight excluding hydrogens is 355 g/mol. The number of piperazine rings is 1. The Labute approximate surface area is 145 Å². The van der Waals surface area contributed by atoms with Crippen molar-refractivity contribution in [2.75, 3.05) is 38.0 Å². The van der Waals surface area contributed by atoms with Gasteiger partial charge in [-0.05, 0) is 24.3 Å². The average Bonchev–Trinajstić information content (AvgIpc) is 2.41. The summed E-state index contributed by atoms with van der Waals surface area (Å²) in [6, 6.07) is 6.44. The number of halogens is 4. The van der Waals surface area contributed by atoms with E-state index in [-0.39, 0.29) is 30.7 Å². The van der Waals surface area contributed by atoms with Gasteiger partial charge in [0.2, 0.25) is 5.91 Å². The van der Waals surface area contributed by atoms with Crippen LogP contribution in [0.15, 0.2) is 29.2 Å². The second kappa shape index (κ2) is 11.0. The Bertz CT molecular complexity index is 445. The number of carbonyl (C=O) groups excluding carboxylic acids is 1. The average molecular weight is 374 g/mol. The lowest BCUT2D eigenvalue weighted by Gasteiger charge is -2.26. The number of carbonyl (C=O) groups is 1. The van der Waals surface area contributed by atoms with E-state index in [1.807, 2.05) is 0 Å². The van der Waals surface area contributed by atoms with Gasteiger partial charge in [0.15, 0.2) is 0 Å². The summed E-state index contributed by atoms with van der Waals surface area (Å²) in [6.45, 7) is 3.86. The lowest BCUT2D eigenvalue weighted by Crippen LogP contribution is -2.46. The van der Waals surface area contributed by atoms with Crippen LogP contribution in [0.4, 0.5) is 14.5 Å². The fraction of sp³-hybridized carbons (Fsp3) is 0.462. The molecule has 126 valence electrons. The first-order chi connectivity index (χ1) is 9.63. The summed E-state index contributed by atoms with van der Waals surface area (Å²) in [7, 11) is 0. The van der Waals surface area contributed by atoms with E-state index in [1.165, 1.54) is 0 Å². The van der Waals surface area contributed by atoms with Crippen LogP contribution in [0, 0.1) is 0 Å². The number of rotatable bonds is 5. The zero-order valence-corrected chi connectivity index (χ0v) is 14.2. The van der Waals surface area contributed by atoms with Gasteiger partial charge in [0, 0.05) is 36.8 Å². The van der Waals surface area contributed by atoms with E-state index in [4.69, 9.17) is 0 Å². The van der Waals surface area contributed by atoms with Crippen molar-refractivity contribution in [2.24, 2.45) is 0 Å². The highest BCUT2D eigenvalue weighted by Crippen LogP contribution is 2.26. The maximum absolute atomic E-state index is 12.2. The maximum atomic E-state index is 12.2. The Morgan fingerprint density at radius 3 is 2.36 bits per heavy atom. The van der Waals surface area contributed by atoms with Gasteiger partial charge in [-0.25, -0.2) is 0 Å². The van der Waals surface area contributed by atoms with Crippen LogP contribution in [-0.4, -0.2) is 49.3 Å². The van der Waals surface area contributed by atoms with Gasteiger partial charge in [-0.3, -0.25) is 9.69 Å². The van der Waals surface area contributed by atoms with E-state index in [0.717, 1.165) is 26.2 Å². The maximum Gasteiger partial charge on any atom is 0.288 e. The highest BCUT2D eigenvalue weighted by Gasteiger charge is 2.13. The second-order valence-corrected chi connectivity index (χ2v) is 5.54. The van der Waals surface area contributed by atoms with Crippen LogP contribution in [0.5, 0.6) is 0 Å². The third-order valence-electron chi connectivity index (χ3n) is 2.94. The minimum absolute atomic E-state index is 0. The van der Waals surface area contributed by atoms with Crippen molar-refractivity contribution in [2.45, 2.75) is 10.7 Å². The molecule has 0 unspecified atom stereocenters. The van der Waals surface area contributed by atoms with Crippen molar-refractivity contribution in [3.63, 3.8) is 0 Å². The highest BCUT2D eigenvalue weighted by atomic mass is 35.5. The van der Waals surface area contributed by atoms with Gasteiger partial charge in [-0.2, -0.15) is 8.78 Å². The number of hydrogen-bond acceptors (Lipinski definition) is 4. The summed E-state index contributed by atoms with van der Waals surface area (Å²) in [4.78, 5) is 14.4. The molecule has 1 saturated heterocycles. The van der Waals surface area contributed by atoms with Crippen molar-refractivity contribution in [1.29, 1.82) is 0 Å².